The van der Waals surface area contributed by atoms with Crippen LogP contribution in [0.15, 0.2) is 40.9 Å². The minimum absolute atomic E-state index is 0.0325. The maximum Gasteiger partial charge on any atom is 0.225 e. The van der Waals surface area contributed by atoms with E-state index in [-0.39, 0.29) is 24.2 Å². The van der Waals surface area contributed by atoms with E-state index in [1.165, 1.54) is 30.0 Å². The molecule has 4 heteroatoms. The summed E-state index contributed by atoms with van der Waals surface area (Å²) in [4.78, 5) is 12.4. The maximum absolute atomic E-state index is 13.9. The van der Waals surface area contributed by atoms with E-state index < -0.39 is 0 Å². The smallest absolute Gasteiger partial charge is 0.225 e. The average molecular weight is 404 g/mol. The van der Waals surface area contributed by atoms with Gasteiger partial charge in [-0.05, 0) is 72.6 Å². The van der Waals surface area contributed by atoms with Gasteiger partial charge in [-0.15, -0.1) is 0 Å². The van der Waals surface area contributed by atoms with Gasteiger partial charge >= 0.3 is 0 Å². The third kappa shape index (κ3) is 4.49. The molecule has 0 bridgehead atoms. The lowest BCUT2D eigenvalue weighted by atomic mass is 9.88. The van der Waals surface area contributed by atoms with Crippen LogP contribution in [0.3, 0.4) is 0 Å². The molecule has 25 heavy (non-hydrogen) atoms. The van der Waals surface area contributed by atoms with Gasteiger partial charge in [0.2, 0.25) is 5.91 Å². The van der Waals surface area contributed by atoms with Crippen molar-refractivity contribution >= 4 is 21.8 Å². The van der Waals surface area contributed by atoms with Gasteiger partial charge in [0.25, 0.3) is 0 Å². The molecule has 132 valence electrons. The van der Waals surface area contributed by atoms with E-state index >= 15 is 0 Å². The summed E-state index contributed by atoms with van der Waals surface area (Å²) in [7, 11) is 0. The van der Waals surface area contributed by atoms with Crippen molar-refractivity contribution in [2.45, 2.75) is 51.5 Å². The predicted octanol–water partition coefficient (Wildman–Crippen LogP) is 5.28. The number of carbonyl (C=O) groups is 1. The summed E-state index contributed by atoms with van der Waals surface area (Å²) in [6, 6.07) is 11.2. The number of carbonyl (C=O) groups excluding carboxylic acids is 1. The molecule has 2 aromatic rings. The first-order chi connectivity index (χ1) is 12.1. The molecule has 3 rings (SSSR count). The molecule has 2 aromatic carbocycles. The topological polar surface area (TPSA) is 29.1 Å². The minimum atomic E-state index is -0.347. The third-order valence-electron chi connectivity index (χ3n) is 4.88. The van der Waals surface area contributed by atoms with Crippen LogP contribution in [0.4, 0.5) is 4.39 Å². The summed E-state index contributed by atoms with van der Waals surface area (Å²) in [5.41, 5.74) is 4.40. The zero-order valence-electron chi connectivity index (χ0n) is 14.4. The highest BCUT2D eigenvalue weighted by Crippen LogP contribution is 2.26. The molecule has 0 aliphatic heterocycles. The Kier molecular flexibility index (Phi) is 5.89. The van der Waals surface area contributed by atoms with E-state index in [0.717, 1.165) is 29.3 Å². The molecule has 1 unspecified atom stereocenters. The molecule has 1 aliphatic rings. The Bertz CT molecular complexity index is 774. The Morgan fingerprint density at radius 3 is 2.68 bits per heavy atom. The molecular weight excluding hydrogens is 381 g/mol. The summed E-state index contributed by atoms with van der Waals surface area (Å²) in [5.74, 6) is -0.498. The van der Waals surface area contributed by atoms with Gasteiger partial charge in [-0.25, -0.2) is 4.39 Å². The van der Waals surface area contributed by atoms with Crippen LogP contribution in [-0.2, 0) is 24.1 Å². The van der Waals surface area contributed by atoms with Gasteiger partial charge in [-0.3, -0.25) is 4.79 Å². The number of nitrogens with one attached hydrogen (secondary N) is 1. The van der Waals surface area contributed by atoms with Crippen LogP contribution in [0.2, 0.25) is 0 Å². The number of amides is 1. The number of hydrogen-bond donors (Lipinski definition) is 1. The van der Waals surface area contributed by atoms with Gasteiger partial charge in [-0.2, -0.15) is 0 Å². The van der Waals surface area contributed by atoms with Crippen molar-refractivity contribution in [1.82, 2.24) is 5.32 Å². The minimum Gasteiger partial charge on any atom is -0.349 e. The van der Waals surface area contributed by atoms with Gasteiger partial charge in [0.1, 0.15) is 5.82 Å². The zero-order chi connectivity index (χ0) is 17.8. The Morgan fingerprint density at radius 1 is 1.16 bits per heavy atom. The third-order valence-corrected chi connectivity index (χ3v) is 5.37. The van der Waals surface area contributed by atoms with E-state index in [4.69, 9.17) is 0 Å². The number of rotatable bonds is 5. The molecule has 0 fully saturated rings. The molecule has 0 saturated carbocycles. The second-order valence-electron chi connectivity index (χ2n) is 6.68. The first-order valence-corrected chi connectivity index (χ1v) is 9.71. The van der Waals surface area contributed by atoms with Crippen LogP contribution < -0.4 is 5.32 Å². The van der Waals surface area contributed by atoms with Crippen molar-refractivity contribution in [3.05, 3.63) is 68.9 Å². The van der Waals surface area contributed by atoms with Gasteiger partial charge in [0.15, 0.2) is 0 Å². The normalized spacial score (nSPS) is 14.7. The fourth-order valence-electron chi connectivity index (χ4n) is 3.49. The van der Waals surface area contributed by atoms with Crippen molar-refractivity contribution in [3.8, 4) is 0 Å². The monoisotopic (exact) mass is 403 g/mol. The van der Waals surface area contributed by atoms with Crippen molar-refractivity contribution in [3.63, 3.8) is 0 Å². The number of hydrogen-bond acceptors (Lipinski definition) is 1. The molecule has 0 spiro atoms. The molecule has 1 atom stereocenters. The van der Waals surface area contributed by atoms with E-state index in [0.29, 0.717) is 5.56 Å². The highest BCUT2D eigenvalue weighted by molar-refractivity contribution is 9.10. The summed E-state index contributed by atoms with van der Waals surface area (Å²) in [6.45, 7) is 2.06. The van der Waals surface area contributed by atoms with Crippen LogP contribution in [0.1, 0.15) is 54.5 Å². The standard InChI is InChI=1S/C21H23BrFNO/c1-2-20(16-8-7-14-5-3-4-6-15(14)11-16)24-21(25)13-17-12-18(22)9-10-19(17)23/h7-12,20H,2-6,13H2,1H3,(H,24,25). The second kappa shape index (κ2) is 8.13. The van der Waals surface area contributed by atoms with Crippen LogP contribution in [0.25, 0.3) is 0 Å². The lowest BCUT2D eigenvalue weighted by Crippen LogP contribution is -2.30. The molecular formula is C21H23BrFNO. The van der Waals surface area contributed by atoms with E-state index in [1.807, 2.05) is 0 Å². The number of benzene rings is 2. The molecule has 0 saturated heterocycles. The van der Waals surface area contributed by atoms with E-state index in [2.05, 4.69) is 46.4 Å². The quantitative estimate of drug-likeness (QED) is 0.722. The number of fused-ring (bicyclic) bond motifs is 1. The van der Waals surface area contributed by atoms with E-state index in [9.17, 15) is 9.18 Å². The largest absolute Gasteiger partial charge is 0.349 e. The second-order valence-corrected chi connectivity index (χ2v) is 7.59. The Labute approximate surface area is 157 Å². The molecule has 1 N–H and O–H groups in total. The van der Waals surface area contributed by atoms with Crippen LogP contribution in [-0.4, -0.2) is 5.91 Å². The van der Waals surface area contributed by atoms with Gasteiger partial charge in [-0.1, -0.05) is 41.1 Å². The Balaban J connectivity index is 1.71. The zero-order valence-corrected chi connectivity index (χ0v) is 16.0. The van der Waals surface area contributed by atoms with E-state index in [1.54, 1.807) is 12.1 Å². The number of aryl methyl sites for hydroxylation is 2. The molecule has 1 amide bonds. The fraction of sp³-hybridized carbons (Fsp3) is 0.381. The highest BCUT2D eigenvalue weighted by Gasteiger charge is 2.17. The van der Waals surface area contributed by atoms with Crippen molar-refractivity contribution in [2.24, 2.45) is 0 Å². The molecule has 2 nitrogen and oxygen atoms in total. The number of halogens is 2. The summed E-state index contributed by atoms with van der Waals surface area (Å²) in [5, 5.41) is 3.06. The Morgan fingerprint density at radius 2 is 1.92 bits per heavy atom. The van der Waals surface area contributed by atoms with Crippen LogP contribution in [0, 0.1) is 5.82 Å². The highest BCUT2D eigenvalue weighted by atomic mass is 79.9. The maximum atomic E-state index is 13.9. The van der Waals surface area contributed by atoms with Crippen LogP contribution >= 0.6 is 15.9 Å². The fourth-order valence-corrected chi connectivity index (χ4v) is 3.90. The first-order valence-electron chi connectivity index (χ1n) is 8.92. The molecule has 0 radical (unpaired) electrons. The predicted molar refractivity (Wildman–Crippen MR) is 102 cm³/mol. The summed E-state index contributed by atoms with van der Waals surface area (Å²) >= 11 is 3.32. The van der Waals surface area contributed by atoms with Gasteiger partial charge in [0, 0.05) is 4.47 Å². The first kappa shape index (κ1) is 18.1. The van der Waals surface area contributed by atoms with Crippen molar-refractivity contribution in [1.29, 1.82) is 0 Å². The van der Waals surface area contributed by atoms with Crippen molar-refractivity contribution in [2.75, 3.05) is 0 Å². The van der Waals surface area contributed by atoms with Gasteiger partial charge < -0.3 is 5.32 Å². The summed E-state index contributed by atoms with van der Waals surface area (Å²) in [6.07, 6.45) is 5.64. The summed E-state index contributed by atoms with van der Waals surface area (Å²) < 4.78 is 14.6. The molecule has 0 heterocycles. The molecule has 0 aromatic heterocycles. The molecule has 1 aliphatic carbocycles. The van der Waals surface area contributed by atoms with Crippen molar-refractivity contribution < 1.29 is 9.18 Å². The Hall–Kier alpha value is -1.68. The van der Waals surface area contributed by atoms with Gasteiger partial charge in [0.05, 0.1) is 12.5 Å². The lowest BCUT2D eigenvalue weighted by Gasteiger charge is -2.22. The van der Waals surface area contributed by atoms with Crippen LogP contribution in [0.5, 0.6) is 0 Å². The lowest BCUT2D eigenvalue weighted by molar-refractivity contribution is -0.121. The SMILES string of the molecule is CCC(NC(=O)Cc1cc(Br)ccc1F)c1ccc2c(c1)CCCC2. The average Bonchev–Trinajstić information content (AvgIpc) is 2.62.